The van der Waals surface area contributed by atoms with Gasteiger partial charge in [-0.15, -0.1) is 0 Å². The molecule has 122 valence electrons. The lowest BCUT2D eigenvalue weighted by molar-refractivity contribution is -0.144. The highest BCUT2D eigenvalue weighted by Gasteiger charge is 2.22. The zero-order valence-electron chi connectivity index (χ0n) is 12.7. The molecule has 3 aromatic rings. The van der Waals surface area contributed by atoms with Crippen molar-refractivity contribution in [1.82, 2.24) is 0 Å². The molecule has 0 aliphatic heterocycles. The quantitative estimate of drug-likeness (QED) is 0.775. The molecule has 0 saturated carbocycles. The van der Waals surface area contributed by atoms with E-state index in [1.54, 1.807) is 36.4 Å². The maximum absolute atomic E-state index is 12.8. The highest BCUT2D eigenvalue weighted by molar-refractivity contribution is 6.31. The van der Waals surface area contributed by atoms with Crippen LogP contribution < -0.4 is 10.2 Å². The fourth-order valence-electron chi connectivity index (χ4n) is 2.26. The third-order valence-corrected chi connectivity index (χ3v) is 3.72. The van der Waals surface area contributed by atoms with E-state index in [4.69, 9.17) is 25.9 Å². The Balaban J connectivity index is 2.30. The fourth-order valence-corrected chi connectivity index (χ4v) is 2.44. The van der Waals surface area contributed by atoms with Crippen molar-refractivity contribution in [3.8, 4) is 17.1 Å². The molecule has 6 heteroatoms. The maximum atomic E-state index is 12.8. The van der Waals surface area contributed by atoms with E-state index < -0.39 is 17.5 Å². The van der Waals surface area contributed by atoms with Gasteiger partial charge in [0.2, 0.25) is 11.2 Å². The summed E-state index contributed by atoms with van der Waals surface area (Å²) in [5.74, 6) is -1.14. The maximum Gasteiger partial charge on any atom is 0.344 e. The van der Waals surface area contributed by atoms with Gasteiger partial charge in [-0.05, 0) is 25.1 Å². The summed E-state index contributed by atoms with van der Waals surface area (Å²) in [6.45, 7) is 1.35. The largest absolute Gasteiger partial charge is 0.479 e. The highest BCUT2D eigenvalue weighted by Crippen LogP contribution is 2.32. The first-order valence-electron chi connectivity index (χ1n) is 7.18. The Hall–Kier alpha value is -2.79. The van der Waals surface area contributed by atoms with Crippen molar-refractivity contribution in [2.75, 3.05) is 0 Å². The summed E-state index contributed by atoms with van der Waals surface area (Å²) in [6.07, 6.45) is -1.20. The molecule has 2 aromatic carbocycles. The minimum Gasteiger partial charge on any atom is -0.479 e. The van der Waals surface area contributed by atoms with Gasteiger partial charge < -0.3 is 14.3 Å². The Morgan fingerprint density at radius 1 is 1.21 bits per heavy atom. The van der Waals surface area contributed by atoms with Crippen LogP contribution in [0.3, 0.4) is 0 Å². The number of hydrogen-bond acceptors (Lipinski definition) is 4. The molecule has 0 fully saturated rings. The standard InChI is InChI=1S/C18H13ClO5/c1-10(18(21)22)23-17-15(20)13-9-12(19)7-8-14(13)24-16(17)11-5-3-2-4-6-11/h2-10H,1H3,(H,21,22). The molecule has 3 rings (SSSR count). The number of carboxylic acid groups (broad SMARTS) is 1. The second kappa shape index (κ2) is 6.37. The van der Waals surface area contributed by atoms with Crippen molar-refractivity contribution in [2.24, 2.45) is 0 Å². The number of hydrogen-bond donors (Lipinski definition) is 1. The fraction of sp³-hybridized carbons (Fsp3) is 0.111. The van der Waals surface area contributed by atoms with Crippen LogP contribution >= 0.6 is 11.6 Å². The number of fused-ring (bicyclic) bond motifs is 1. The topological polar surface area (TPSA) is 76.7 Å². The summed E-state index contributed by atoms with van der Waals surface area (Å²) >= 11 is 5.94. The first-order chi connectivity index (χ1) is 11.5. The molecule has 1 heterocycles. The van der Waals surface area contributed by atoms with Crippen molar-refractivity contribution < 1.29 is 19.1 Å². The molecule has 1 unspecified atom stereocenters. The molecular weight excluding hydrogens is 332 g/mol. The van der Waals surface area contributed by atoms with Crippen LogP contribution in [-0.4, -0.2) is 17.2 Å². The van der Waals surface area contributed by atoms with Crippen molar-refractivity contribution in [1.29, 1.82) is 0 Å². The molecular formula is C18H13ClO5. The van der Waals surface area contributed by atoms with Gasteiger partial charge in [0, 0.05) is 10.6 Å². The Bertz CT molecular complexity index is 962. The lowest BCUT2D eigenvalue weighted by Crippen LogP contribution is -2.26. The van der Waals surface area contributed by atoms with Gasteiger partial charge in [0.05, 0.1) is 5.39 Å². The number of aliphatic carboxylic acids is 1. The molecule has 1 N–H and O–H groups in total. The molecule has 5 nitrogen and oxygen atoms in total. The number of carboxylic acids is 1. The Morgan fingerprint density at radius 2 is 1.92 bits per heavy atom. The summed E-state index contributed by atoms with van der Waals surface area (Å²) in [4.78, 5) is 23.9. The van der Waals surface area contributed by atoms with Gasteiger partial charge in [-0.2, -0.15) is 0 Å². The van der Waals surface area contributed by atoms with E-state index in [1.807, 2.05) is 6.07 Å². The zero-order chi connectivity index (χ0) is 17.3. The molecule has 0 aliphatic rings. The van der Waals surface area contributed by atoms with E-state index in [-0.39, 0.29) is 16.9 Å². The van der Waals surface area contributed by atoms with Crippen LogP contribution in [0.15, 0.2) is 57.7 Å². The SMILES string of the molecule is CC(Oc1c(-c2ccccc2)oc2ccc(Cl)cc2c1=O)C(=O)O. The Morgan fingerprint density at radius 3 is 2.58 bits per heavy atom. The van der Waals surface area contributed by atoms with Gasteiger partial charge >= 0.3 is 5.97 Å². The summed E-state index contributed by atoms with van der Waals surface area (Å²) < 4.78 is 11.2. The smallest absolute Gasteiger partial charge is 0.344 e. The van der Waals surface area contributed by atoms with Gasteiger partial charge in [-0.1, -0.05) is 41.9 Å². The molecule has 0 spiro atoms. The van der Waals surface area contributed by atoms with Crippen LogP contribution in [0, 0.1) is 0 Å². The molecule has 0 radical (unpaired) electrons. The van der Waals surface area contributed by atoms with Crippen molar-refractivity contribution in [2.45, 2.75) is 13.0 Å². The highest BCUT2D eigenvalue weighted by atomic mass is 35.5. The van der Waals surface area contributed by atoms with E-state index in [9.17, 15) is 9.59 Å². The van der Waals surface area contributed by atoms with Gasteiger partial charge in [-0.3, -0.25) is 4.79 Å². The molecule has 0 bridgehead atoms. The van der Waals surface area contributed by atoms with E-state index in [1.165, 1.54) is 13.0 Å². The average molecular weight is 345 g/mol. The summed E-state index contributed by atoms with van der Waals surface area (Å²) in [5.41, 5.74) is 0.489. The van der Waals surface area contributed by atoms with Crippen molar-refractivity contribution in [3.63, 3.8) is 0 Å². The third kappa shape index (κ3) is 2.98. The summed E-state index contributed by atoms with van der Waals surface area (Å²) in [6, 6.07) is 13.6. The van der Waals surface area contributed by atoms with Gasteiger partial charge in [0.25, 0.3) is 0 Å². The molecule has 1 aromatic heterocycles. The van der Waals surface area contributed by atoms with Crippen molar-refractivity contribution in [3.05, 3.63) is 63.8 Å². The number of rotatable bonds is 4. The van der Waals surface area contributed by atoms with Crippen LogP contribution in [0.4, 0.5) is 0 Å². The van der Waals surface area contributed by atoms with Gasteiger partial charge in [0.1, 0.15) is 5.58 Å². The number of halogens is 1. The third-order valence-electron chi connectivity index (χ3n) is 3.49. The molecule has 0 aliphatic carbocycles. The van der Waals surface area contributed by atoms with Crippen LogP contribution in [0.25, 0.3) is 22.3 Å². The van der Waals surface area contributed by atoms with Crippen LogP contribution in [-0.2, 0) is 4.79 Å². The molecule has 0 amide bonds. The van der Waals surface area contributed by atoms with Gasteiger partial charge in [0.15, 0.2) is 11.9 Å². The van der Waals surface area contributed by atoms with E-state index in [0.29, 0.717) is 16.2 Å². The second-order valence-electron chi connectivity index (χ2n) is 5.19. The second-order valence-corrected chi connectivity index (χ2v) is 5.63. The molecule has 24 heavy (non-hydrogen) atoms. The van der Waals surface area contributed by atoms with Gasteiger partial charge in [-0.25, -0.2) is 4.79 Å². The minimum absolute atomic E-state index is 0.147. The Labute approximate surface area is 142 Å². The molecule has 1 atom stereocenters. The predicted molar refractivity (Wildman–Crippen MR) is 90.7 cm³/mol. The zero-order valence-corrected chi connectivity index (χ0v) is 13.4. The van der Waals surface area contributed by atoms with Crippen LogP contribution in [0.5, 0.6) is 5.75 Å². The number of ether oxygens (including phenoxy) is 1. The first-order valence-corrected chi connectivity index (χ1v) is 7.56. The number of benzene rings is 2. The lowest BCUT2D eigenvalue weighted by atomic mass is 10.1. The lowest BCUT2D eigenvalue weighted by Gasteiger charge is -2.14. The normalized spacial score (nSPS) is 12.1. The molecule has 0 saturated heterocycles. The predicted octanol–water partition coefficient (Wildman–Crippen LogP) is 3.97. The summed E-state index contributed by atoms with van der Waals surface area (Å²) in [5, 5.41) is 9.68. The summed E-state index contributed by atoms with van der Waals surface area (Å²) in [7, 11) is 0. The van der Waals surface area contributed by atoms with E-state index in [0.717, 1.165) is 0 Å². The van der Waals surface area contributed by atoms with E-state index >= 15 is 0 Å². The van der Waals surface area contributed by atoms with Crippen molar-refractivity contribution >= 4 is 28.5 Å². The van der Waals surface area contributed by atoms with E-state index in [2.05, 4.69) is 0 Å². The monoisotopic (exact) mass is 344 g/mol. The Kier molecular flexibility index (Phi) is 4.27. The minimum atomic E-state index is -1.20. The first kappa shape index (κ1) is 16.1. The average Bonchev–Trinajstić information content (AvgIpc) is 2.58. The number of carbonyl (C=O) groups is 1. The van der Waals surface area contributed by atoms with Crippen LogP contribution in [0.1, 0.15) is 6.92 Å². The van der Waals surface area contributed by atoms with Crippen LogP contribution in [0.2, 0.25) is 5.02 Å².